The van der Waals surface area contributed by atoms with E-state index in [2.05, 4.69) is 5.32 Å². The first-order chi connectivity index (χ1) is 13.9. The number of rotatable bonds is 8. The molecule has 8 nitrogen and oxygen atoms in total. The van der Waals surface area contributed by atoms with Crippen molar-refractivity contribution in [2.45, 2.75) is 19.1 Å². The van der Waals surface area contributed by atoms with Crippen molar-refractivity contribution in [2.75, 3.05) is 11.9 Å². The van der Waals surface area contributed by atoms with Gasteiger partial charge in [-0.2, -0.15) is 5.26 Å². The number of carboxylic acid groups (broad SMARTS) is 1. The number of nitrogens with zero attached hydrogens (tertiary/aromatic N) is 1. The maximum absolute atomic E-state index is 12.4. The van der Waals surface area contributed by atoms with Crippen molar-refractivity contribution < 1.29 is 29.3 Å². The Bertz CT molecular complexity index is 900. The van der Waals surface area contributed by atoms with Crippen LogP contribution in [-0.2, 0) is 14.3 Å². The van der Waals surface area contributed by atoms with E-state index in [0.717, 1.165) is 6.08 Å². The number of phenols is 1. The van der Waals surface area contributed by atoms with Crippen molar-refractivity contribution in [3.8, 4) is 11.8 Å². The number of carboxylic acids is 1. The van der Waals surface area contributed by atoms with Crippen molar-refractivity contribution >= 4 is 17.7 Å². The van der Waals surface area contributed by atoms with E-state index >= 15 is 0 Å². The van der Waals surface area contributed by atoms with Gasteiger partial charge in [-0.05, 0) is 55.0 Å². The number of aromatic hydroxyl groups is 1. The van der Waals surface area contributed by atoms with E-state index in [9.17, 15) is 14.7 Å². The summed E-state index contributed by atoms with van der Waals surface area (Å²) in [5, 5.41) is 29.8. The summed E-state index contributed by atoms with van der Waals surface area (Å²) in [6, 6.07) is 14.1. The van der Waals surface area contributed by atoms with Gasteiger partial charge < -0.3 is 19.7 Å². The third-order valence-corrected chi connectivity index (χ3v) is 3.80. The number of aliphatic carboxylic acids is 1. The van der Waals surface area contributed by atoms with E-state index in [1.54, 1.807) is 43.3 Å². The quantitative estimate of drug-likeness (QED) is 0.581. The summed E-state index contributed by atoms with van der Waals surface area (Å²) in [7, 11) is 0. The third-order valence-electron chi connectivity index (χ3n) is 3.80. The van der Waals surface area contributed by atoms with Crippen molar-refractivity contribution in [1.29, 1.82) is 5.26 Å². The summed E-state index contributed by atoms with van der Waals surface area (Å²) in [4.78, 5) is 23.3. The molecule has 1 amide bonds. The predicted molar refractivity (Wildman–Crippen MR) is 104 cm³/mol. The molecule has 2 atom stereocenters. The number of nitriles is 1. The lowest BCUT2D eigenvalue weighted by atomic mass is 10.0. The Morgan fingerprint density at radius 2 is 1.83 bits per heavy atom. The zero-order valence-electron chi connectivity index (χ0n) is 15.6. The normalized spacial score (nSPS) is 12.7. The van der Waals surface area contributed by atoms with Crippen LogP contribution in [0.4, 0.5) is 10.5 Å². The second-order valence-electron chi connectivity index (χ2n) is 5.85. The number of ether oxygens (including phenoxy) is 2. The lowest BCUT2D eigenvalue weighted by Crippen LogP contribution is -2.27. The molecule has 2 aromatic rings. The van der Waals surface area contributed by atoms with Crippen LogP contribution in [0.15, 0.2) is 60.7 Å². The Hall–Kier alpha value is -3.83. The van der Waals surface area contributed by atoms with Crippen LogP contribution in [-0.4, -0.2) is 35.0 Å². The fraction of sp³-hybridized carbons (Fsp3) is 0.190. The fourth-order valence-corrected chi connectivity index (χ4v) is 2.49. The summed E-state index contributed by atoms with van der Waals surface area (Å²) in [5.74, 6) is -1.13. The van der Waals surface area contributed by atoms with Crippen LogP contribution in [0.25, 0.3) is 0 Å². The number of hydrogen-bond donors (Lipinski definition) is 3. The van der Waals surface area contributed by atoms with Crippen LogP contribution in [0.1, 0.15) is 24.2 Å². The van der Waals surface area contributed by atoms with Gasteiger partial charge in [0.05, 0.1) is 11.6 Å². The highest BCUT2D eigenvalue weighted by molar-refractivity contribution is 5.85. The van der Waals surface area contributed by atoms with Gasteiger partial charge in [0.25, 0.3) is 0 Å². The molecule has 0 aromatic heterocycles. The van der Waals surface area contributed by atoms with Gasteiger partial charge in [0, 0.05) is 18.4 Å². The molecule has 0 fully saturated rings. The van der Waals surface area contributed by atoms with Gasteiger partial charge in [-0.3, -0.25) is 5.32 Å². The molecule has 0 spiro atoms. The molecule has 0 saturated heterocycles. The van der Waals surface area contributed by atoms with Gasteiger partial charge in [0.2, 0.25) is 0 Å². The van der Waals surface area contributed by atoms with Crippen molar-refractivity contribution in [3.63, 3.8) is 0 Å². The van der Waals surface area contributed by atoms with E-state index < -0.39 is 24.3 Å². The van der Waals surface area contributed by atoms with E-state index in [1.807, 2.05) is 6.07 Å². The Morgan fingerprint density at radius 3 is 2.38 bits per heavy atom. The molecule has 8 heteroatoms. The minimum atomic E-state index is -1.17. The van der Waals surface area contributed by atoms with Gasteiger partial charge in [-0.25, -0.2) is 9.59 Å². The first kappa shape index (κ1) is 21.5. The molecule has 0 unspecified atom stereocenters. The van der Waals surface area contributed by atoms with E-state index in [1.165, 1.54) is 18.2 Å². The van der Waals surface area contributed by atoms with Gasteiger partial charge in [0.1, 0.15) is 11.9 Å². The molecule has 3 N–H and O–H groups in total. The lowest BCUT2D eigenvalue weighted by Gasteiger charge is -2.25. The van der Waals surface area contributed by atoms with E-state index in [-0.39, 0.29) is 12.4 Å². The molecule has 2 rings (SSSR count). The van der Waals surface area contributed by atoms with Crippen LogP contribution in [0.3, 0.4) is 0 Å². The standard InChI is InChI=1S/C21H20N2O6/c1-2-28-18(11-12-19(25)26)20(15-5-9-17(24)10-6-15)29-21(27)23-16-7-3-14(13-22)4-8-16/h3-12,18,20,24H,2H2,1H3,(H,23,27)(H,25,26)/b12-11+/t18-,20-/m1/s1. The van der Waals surface area contributed by atoms with Crippen LogP contribution in [0.5, 0.6) is 5.75 Å². The van der Waals surface area contributed by atoms with Crippen molar-refractivity contribution in [2.24, 2.45) is 0 Å². The maximum Gasteiger partial charge on any atom is 0.412 e. The number of hydrogen-bond acceptors (Lipinski definition) is 6. The van der Waals surface area contributed by atoms with Gasteiger partial charge in [0.15, 0.2) is 6.10 Å². The SMILES string of the molecule is CCO[C@H](/C=C/C(=O)O)[C@H](OC(=O)Nc1ccc(C#N)cc1)c1ccc(O)cc1. The van der Waals surface area contributed by atoms with Crippen molar-refractivity contribution in [3.05, 3.63) is 71.8 Å². The largest absolute Gasteiger partial charge is 0.508 e. The second-order valence-corrected chi connectivity index (χ2v) is 5.85. The molecule has 150 valence electrons. The molecule has 0 aliphatic heterocycles. The highest BCUT2D eigenvalue weighted by atomic mass is 16.6. The highest BCUT2D eigenvalue weighted by Gasteiger charge is 2.26. The number of carbonyl (C=O) groups excluding carboxylic acids is 1. The molecule has 0 aliphatic carbocycles. The Kier molecular flexibility index (Phi) is 7.77. The second kappa shape index (κ2) is 10.5. The summed E-state index contributed by atoms with van der Waals surface area (Å²) in [6.07, 6.45) is -0.424. The lowest BCUT2D eigenvalue weighted by molar-refractivity contribution is -0.131. The number of amides is 1. The first-order valence-corrected chi connectivity index (χ1v) is 8.72. The Labute approximate surface area is 167 Å². The summed E-state index contributed by atoms with van der Waals surface area (Å²) in [5.41, 5.74) is 1.37. The number of nitrogens with one attached hydrogen (secondary N) is 1. The number of benzene rings is 2. The summed E-state index contributed by atoms with van der Waals surface area (Å²) in [6.45, 7) is 1.98. The number of anilines is 1. The minimum Gasteiger partial charge on any atom is -0.508 e. The molecule has 0 radical (unpaired) electrons. The van der Waals surface area contributed by atoms with Gasteiger partial charge in [-0.15, -0.1) is 0 Å². The Morgan fingerprint density at radius 1 is 1.17 bits per heavy atom. The molecule has 0 aliphatic rings. The van der Waals surface area contributed by atoms with Gasteiger partial charge >= 0.3 is 12.1 Å². The fourth-order valence-electron chi connectivity index (χ4n) is 2.49. The molecule has 0 bridgehead atoms. The van der Waals surface area contributed by atoms with Crippen molar-refractivity contribution in [1.82, 2.24) is 0 Å². The van der Waals surface area contributed by atoms with Crippen LogP contribution < -0.4 is 5.32 Å². The Balaban J connectivity index is 2.25. The average Bonchev–Trinajstić information content (AvgIpc) is 2.71. The first-order valence-electron chi connectivity index (χ1n) is 8.72. The molecule has 0 heterocycles. The molecule has 29 heavy (non-hydrogen) atoms. The highest BCUT2D eigenvalue weighted by Crippen LogP contribution is 2.27. The number of phenolic OH excluding ortho intramolecular Hbond substituents is 1. The van der Waals surface area contributed by atoms with Crippen LogP contribution in [0.2, 0.25) is 0 Å². The summed E-state index contributed by atoms with van der Waals surface area (Å²) < 4.78 is 11.1. The predicted octanol–water partition coefficient (Wildman–Crippen LogP) is 3.60. The van der Waals surface area contributed by atoms with E-state index in [4.69, 9.17) is 19.8 Å². The average molecular weight is 396 g/mol. The zero-order chi connectivity index (χ0) is 21.2. The monoisotopic (exact) mass is 396 g/mol. The molecule has 2 aromatic carbocycles. The topological polar surface area (TPSA) is 129 Å². The maximum atomic E-state index is 12.4. The third kappa shape index (κ3) is 6.68. The van der Waals surface area contributed by atoms with Gasteiger partial charge in [-0.1, -0.05) is 12.1 Å². The smallest absolute Gasteiger partial charge is 0.412 e. The summed E-state index contributed by atoms with van der Waals surface area (Å²) >= 11 is 0. The molecule has 0 saturated carbocycles. The zero-order valence-corrected chi connectivity index (χ0v) is 15.6. The van der Waals surface area contributed by atoms with E-state index in [0.29, 0.717) is 16.8 Å². The number of carbonyl (C=O) groups is 2. The molecular weight excluding hydrogens is 376 g/mol. The van der Waals surface area contributed by atoms with Crippen LogP contribution >= 0.6 is 0 Å². The van der Waals surface area contributed by atoms with Crippen LogP contribution in [0, 0.1) is 11.3 Å². The molecular formula is C21H20N2O6. The minimum absolute atomic E-state index is 0.0311.